The van der Waals surface area contributed by atoms with Gasteiger partial charge in [0.05, 0.1) is 7.11 Å². The van der Waals surface area contributed by atoms with Gasteiger partial charge in [-0.15, -0.1) is 0 Å². The van der Waals surface area contributed by atoms with Gasteiger partial charge >= 0.3 is 0 Å². The molecule has 0 heterocycles. The molecule has 3 aromatic carbocycles. The van der Waals surface area contributed by atoms with Crippen LogP contribution in [0.3, 0.4) is 0 Å². The number of fused-ring (bicyclic) bond motifs is 1. The number of hydrogen-bond acceptors (Lipinski definition) is 2. The zero-order valence-corrected chi connectivity index (χ0v) is 14.3. The molecule has 25 heavy (non-hydrogen) atoms. The van der Waals surface area contributed by atoms with Crippen molar-refractivity contribution in [3.05, 3.63) is 77.9 Å². The van der Waals surface area contributed by atoms with E-state index in [2.05, 4.69) is 11.4 Å². The van der Waals surface area contributed by atoms with Crippen LogP contribution in [0, 0.1) is 0 Å². The van der Waals surface area contributed by atoms with E-state index in [0.29, 0.717) is 6.54 Å². The maximum Gasteiger partial charge on any atom is 0.251 e. The topological polar surface area (TPSA) is 38.3 Å². The molecule has 0 saturated heterocycles. The first kappa shape index (κ1) is 15.7. The monoisotopic (exact) mass is 331 g/mol. The number of carbonyl (C=O) groups is 1. The second-order valence-electron chi connectivity index (χ2n) is 6.69. The normalized spacial score (nSPS) is 14.9. The van der Waals surface area contributed by atoms with Crippen molar-refractivity contribution in [1.82, 2.24) is 5.32 Å². The molecule has 3 heteroatoms. The minimum atomic E-state index is -0.0158. The third kappa shape index (κ3) is 2.86. The predicted molar refractivity (Wildman–Crippen MR) is 100 cm³/mol. The summed E-state index contributed by atoms with van der Waals surface area (Å²) in [5.41, 5.74) is 1.93. The molecule has 0 atom stereocenters. The summed E-state index contributed by atoms with van der Waals surface area (Å²) in [5.74, 6) is 0.886. The van der Waals surface area contributed by atoms with E-state index in [0.717, 1.165) is 34.9 Å². The van der Waals surface area contributed by atoms with Crippen molar-refractivity contribution in [3.8, 4) is 5.75 Å². The summed E-state index contributed by atoms with van der Waals surface area (Å²) >= 11 is 0. The highest BCUT2D eigenvalue weighted by Crippen LogP contribution is 2.50. The molecule has 0 aliphatic heterocycles. The average Bonchev–Trinajstić information content (AvgIpc) is 3.46. The molecule has 0 bridgehead atoms. The average molecular weight is 331 g/mol. The maximum absolute atomic E-state index is 12.8. The molecule has 3 nitrogen and oxygen atoms in total. The minimum Gasteiger partial charge on any atom is -0.496 e. The van der Waals surface area contributed by atoms with Crippen molar-refractivity contribution in [1.29, 1.82) is 0 Å². The second kappa shape index (κ2) is 6.25. The van der Waals surface area contributed by atoms with Crippen LogP contribution in [0.25, 0.3) is 10.8 Å². The summed E-state index contributed by atoms with van der Waals surface area (Å²) in [6, 6.07) is 21.9. The lowest BCUT2D eigenvalue weighted by Gasteiger charge is -2.19. The van der Waals surface area contributed by atoms with Gasteiger partial charge in [0.2, 0.25) is 0 Å². The molecule has 126 valence electrons. The van der Waals surface area contributed by atoms with Crippen LogP contribution in [-0.2, 0) is 5.41 Å². The summed E-state index contributed by atoms with van der Waals surface area (Å²) in [7, 11) is 1.70. The highest BCUT2D eigenvalue weighted by atomic mass is 16.5. The number of ether oxygens (including phenoxy) is 1. The Morgan fingerprint density at radius 2 is 1.72 bits per heavy atom. The summed E-state index contributed by atoms with van der Waals surface area (Å²) < 4.78 is 5.51. The van der Waals surface area contributed by atoms with Gasteiger partial charge < -0.3 is 10.1 Å². The largest absolute Gasteiger partial charge is 0.496 e. The zero-order chi connectivity index (χ0) is 17.3. The van der Waals surface area contributed by atoms with E-state index < -0.39 is 0 Å². The third-order valence-electron chi connectivity index (χ3n) is 5.15. The Morgan fingerprint density at radius 3 is 2.52 bits per heavy atom. The summed E-state index contributed by atoms with van der Waals surface area (Å²) in [6.45, 7) is 0.634. The highest BCUT2D eigenvalue weighted by molar-refractivity contribution is 6.07. The van der Waals surface area contributed by atoms with Crippen LogP contribution in [0.5, 0.6) is 5.75 Å². The van der Waals surface area contributed by atoms with Crippen LogP contribution in [-0.4, -0.2) is 19.6 Å². The number of para-hydroxylation sites is 1. The number of methoxy groups -OCH3 is 1. The van der Waals surface area contributed by atoms with E-state index in [1.54, 1.807) is 7.11 Å². The van der Waals surface area contributed by atoms with Gasteiger partial charge in [-0.2, -0.15) is 0 Å². The van der Waals surface area contributed by atoms with E-state index in [9.17, 15) is 4.79 Å². The SMILES string of the molecule is COc1ccccc1C1(CNC(=O)c2cccc3ccccc23)CC1. The van der Waals surface area contributed by atoms with Crippen LogP contribution in [0.4, 0.5) is 0 Å². The van der Waals surface area contributed by atoms with Gasteiger partial charge in [-0.3, -0.25) is 4.79 Å². The number of rotatable bonds is 5. The lowest BCUT2D eigenvalue weighted by atomic mass is 9.94. The first-order valence-corrected chi connectivity index (χ1v) is 8.63. The van der Waals surface area contributed by atoms with E-state index >= 15 is 0 Å². The first-order chi connectivity index (χ1) is 12.2. The Bertz CT molecular complexity index is 923. The van der Waals surface area contributed by atoms with Gasteiger partial charge in [0, 0.05) is 23.1 Å². The quantitative estimate of drug-likeness (QED) is 0.756. The molecule has 4 rings (SSSR count). The van der Waals surface area contributed by atoms with Crippen LogP contribution >= 0.6 is 0 Å². The fourth-order valence-corrected chi connectivity index (χ4v) is 3.54. The molecule has 1 N–H and O–H groups in total. The van der Waals surface area contributed by atoms with Crippen LogP contribution in [0.15, 0.2) is 66.7 Å². The van der Waals surface area contributed by atoms with E-state index in [-0.39, 0.29) is 11.3 Å². The molecule has 1 amide bonds. The molecule has 0 unspecified atom stereocenters. The molecule has 0 spiro atoms. The van der Waals surface area contributed by atoms with Crippen molar-refractivity contribution in [2.75, 3.05) is 13.7 Å². The molecule has 1 saturated carbocycles. The van der Waals surface area contributed by atoms with Crippen molar-refractivity contribution >= 4 is 16.7 Å². The first-order valence-electron chi connectivity index (χ1n) is 8.63. The summed E-state index contributed by atoms with van der Waals surface area (Å²) in [6.07, 6.45) is 2.15. The van der Waals surface area contributed by atoms with Crippen molar-refractivity contribution < 1.29 is 9.53 Å². The van der Waals surface area contributed by atoms with Crippen molar-refractivity contribution in [2.24, 2.45) is 0 Å². The zero-order valence-electron chi connectivity index (χ0n) is 14.3. The lowest BCUT2D eigenvalue weighted by molar-refractivity contribution is 0.0951. The number of nitrogens with one attached hydrogen (secondary N) is 1. The van der Waals surface area contributed by atoms with Crippen molar-refractivity contribution in [2.45, 2.75) is 18.3 Å². The van der Waals surface area contributed by atoms with E-state index in [4.69, 9.17) is 4.74 Å². The number of hydrogen-bond donors (Lipinski definition) is 1. The highest BCUT2D eigenvalue weighted by Gasteiger charge is 2.46. The Labute approximate surface area is 147 Å². The van der Waals surface area contributed by atoms with Crippen LogP contribution in [0.2, 0.25) is 0 Å². The van der Waals surface area contributed by atoms with E-state index in [1.807, 2.05) is 60.7 Å². The standard InChI is InChI=1S/C22H21NO2/c1-25-20-12-5-4-11-19(20)22(13-14-22)15-23-21(24)18-10-6-8-16-7-2-3-9-17(16)18/h2-12H,13-15H2,1H3,(H,23,24). The number of amides is 1. The number of benzene rings is 3. The van der Waals surface area contributed by atoms with Gasteiger partial charge in [-0.1, -0.05) is 54.6 Å². The predicted octanol–water partition coefficient (Wildman–Crippen LogP) is 4.31. The molecule has 1 fully saturated rings. The Kier molecular flexibility index (Phi) is 3.92. The lowest BCUT2D eigenvalue weighted by Crippen LogP contribution is -2.32. The van der Waals surface area contributed by atoms with Gasteiger partial charge in [0.1, 0.15) is 5.75 Å². The Balaban J connectivity index is 1.56. The van der Waals surface area contributed by atoms with Gasteiger partial charge in [-0.05, 0) is 35.7 Å². The van der Waals surface area contributed by atoms with Gasteiger partial charge in [0.15, 0.2) is 0 Å². The summed E-state index contributed by atoms with van der Waals surface area (Å²) in [4.78, 5) is 12.8. The van der Waals surface area contributed by atoms with Crippen LogP contribution < -0.4 is 10.1 Å². The van der Waals surface area contributed by atoms with Crippen molar-refractivity contribution in [3.63, 3.8) is 0 Å². The second-order valence-corrected chi connectivity index (χ2v) is 6.69. The molecule has 0 aromatic heterocycles. The van der Waals surface area contributed by atoms with Gasteiger partial charge in [-0.25, -0.2) is 0 Å². The Morgan fingerprint density at radius 1 is 1.00 bits per heavy atom. The molecular weight excluding hydrogens is 310 g/mol. The summed E-state index contributed by atoms with van der Waals surface area (Å²) in [5, 5.41) is 5.22. The molecule has 1 aliphatic carbocycles. The van der Waals surface area contributed by atoms with E-state index in [1.165, 1.54) is 5.56 Å². The third-order valence-corrected chi connectivity index (χ3v) is 5.15. The minimum absolute atomic E-state index is 0.00679. The maximum atomic E-state index is 12.8. The number of carbonyl (C=O) groups excluding carboxylic acids is 1. The van der Waals surface area contributed by atoms with Crippen LogP contribution in [0.1, 0.15) is 28.8 Å². The van der Waals surface area contributed by atoms with Gasteiger partial charge in [0.25, 0.3) is 5.91 Å². The molecule has 0 radical (unpaired) electrons. The fourth-order valence-electron chi connectivity index (χ4n) is 3.54. The Hall–Kier alpha value is -2.81. The molecular formula is C22H21NO2. The smallest absolute Gasteiger partial charge is 0.251 e. The fraction of sp³-hybridized carbons (Fsp3) is 0.227. The molecule has 3 aromatic rings. The molecule has 1 aliphatic rings.